The van der Waals surface area contributed by atoms with Gasteiger partial charge in [0.25, 0.3) is 11.1 Å². The largest absolute Gasteiger partial charge is 0.309 e. The summed E-state index contributed by atoms with van der Waals surface area (Å²) in [6, 6.07) is 62.3. The highest BCUT2D eigenvalue weighted by Crippen LogP contribution is 2.38. The monoisotopic (exact) mass is 718 g/mol. The lowest BCUT2D eigenvalue weighted by Crippen LogP contribution is -2.21. The van der Waals surface area contributed by atoms with Gasteiger partial charge in [0.2, 0.25) is 0 Å². The third-order valence-electron chi connectivity index (χ3n) is 11.5. The Kier molecular flexibility index (Phi) is 6.26. The van der Waals surface area contributed by atoms with Crippen molar-refractivity contribution in [3.63, 3.8) is 0 Å². The molecule has 0 bridgehead atoms. The number of para-hydroxylation sites is 2. The molecule has 0 aliphatic carbocycles. The van der Waals surface area contributed by atoms with Gasteiger partial charge in [-0.25, -0.2) is 4.52 Å². The van der Waals surface area contributed by atoms with E-state index in [4.69, 9.17) is 0 Å². The molecule has 0 saturated carbocycles. The van der Waals surface area contributed by atoms with E-state index in [0.717, 1.165) is 77.2 Å². The van der Waals surface area contributed by atoms with Crippen LogP contribution in [0.3, 0.4) is 0 Å². The van der Waals surface area contributed by atoms with Gasteiger partial charge in [-0.3, -0.25) is 9.59 Å². The average Bonchev–Trinajstić information content (AvgIpc) is 3.96. The van der Waals surface area contributed by atoms with Crippen molar-refractivity contribution in [2.75, 3.05) is 0 Å². The van der Waals surface area contributed by atoms with Gasteiger partial charge in [0.05, 0.1) is 49.6 Å². The maximum absolute atomic E-state index is 14.6. The standard InChI is InChI=1S/C50H30N4O2/c55-49-40-30-35(51-41-18-9-7-16-36(41)38-28-33(22-25-43(38)51)31-12-3-1-4-13-31)24-27-45(40)53-47-21-11-20-46(48(47)50(56)54(49)53)52-42-19-10-8-17-37(42)39-29-34(23-26-44(39)52)32-14-5-2-6-15-32/h1-30H. The van der Waals surface area contributed by atoms with Gasteiger partial charge in [-0.15, -0.1) is 0 Å². The highest BCUT2D eigenvalue weighted by atomic mass is 16.2. The Bertz CT molecular complexity index is 3680. The van der Waals surface area contributed by atoms with Gasteiger partial charge in [-0.2, -0.15) is 4.52 Å². The molecule has 4 heterocycles. The Morgan fingerprint density at radius 1 is 0.304 bits per heavy atom. The first-order chi connectivity index (χ1) is 27.6. The Morgan fingerprint density at radius 3 is 1.46 bits per heavy atom. The number of aromatic nitrogens is 4. The van der Waals surface area contributed by atoms with Crippen LogP contribution in [0.25, 0.3) is 99.0 Å². The van der Waals surface area contributed by atoms with Crippen molar-refractivity contribution in [1.29, 1.82) is 0 Å². The minimum absolute atomic E-state index is 0.337. The van der Waals surface area contributed by atoms with Crippen LogP contribution < -0.4 is 11.1 Å². The van der Waals surface area contributed by atoms with Crippen LogP contribution in [0.15, 0.2) is 192 Å². The Balaban J connectivity index is 1.07. The first kappa shape index (κ1) is 30.7. The Morgan fingerprint density at radius 2 is 0.821 bits per heavy atom. The number of rotatable bonds is 4. The topological polar surface area (TPSA) is 52.8 Å². The second-order valence-corrected chi connectivity index (χ2v) is 14.5. The van der Waals surface area contributed by atoms with Crippen molar-refractivity contribution < 1.29 is 0 Å². The van der Waals surface area contributed by atoms with Crippen LogP contribution in [0.4, 0.5) is 0 Å². The van der Waals surface area contributed by atoms with E-state index in [1.807, 2.05) is 54.6 Å². The molecule has 0 fully saturated rings. The van der Waals surface area contributed by atoms with Gasteiger partial charge in [0.15, 0.2) is 0 Å². The van der Waals surface area contributed by atoms with Crippen molar-refractivity contribution in [1.82, 2.24) is 18.2 Å². The molecule has 56 heavy (non-hydrogen) atoms. The molecule has 0 amide bonds. The number of hydrogen-bond acceptors (Lipinski definition) is 2. The second-order valence-electron chi connectivity index (χ2n) is 14.5. The quantitative estimate of drug-likeness (QED) is 0.182. The second kappa shape index (κ2) is 11.4. The van der Waals surface area contributed by atoms with E-state index < -0.39 is 0 Å². The number of fused-ring (bicyclic) bond motifs is 11. The van der Waals surface area contributed by atoms with Crippen LogP contribution in [0, 0.1) is 0 Å². The van der Waals surface area contributed by atoms with E-state index in [-0.39, 0.29) is 11.1 Å². The first-order valence-corrected chi connectivity index (χ1v) is 18.8. The highest BCUT2D eigenvalue weighted by molar-refractivity contribution is 6.12. The summed E-state index contributed by atoms with van der Waals surface area (Å²) in [6.45, 7) is 0. The van der Waals surface area contributed by atoms with Crippen molar-refractivity contribution in [2.24, 2.45) is 0 Å². The number of nitrogens with zero attached hydrogens (tertiary/aromatic N) is 4. The van der Waals surface area contributed by atoms with Crippen LogP contribution >= 0.6 is 0 Å². The fraction of sp³-hybridized carbons (Fsp3) is 0. The molecule has 0 aliphatic rings. The summed E-state index contributed by atoms with van der Waals surface area (Å²) in [5, 5.41) is 5.46. The lowest BCUT2D eigenvalue weighted by molar-refractivity contribution is 0.841. The van der Waals surface area contributed by atoms with Crippen molar-refractivity contribution in [3.05, 3.63) is 203 Å². The maximum atomic E-state index is 14.6. The summed E-state index contributed by atoms with van der Waals surface area (Å²) in [4.78, 5) is 29.1. The molecule has 8 aromatic carbocycles. The van der Waals surface area contributed by atoms with E-state index in [9.17, 15) is 9.59 Å². The molecule has 0 saturated heterocycles. The smallest absolute Gasteiger partial charge is 0.284 e. The molecule has 262 valence electrons. The van der Waals surface area contributed by atoms with Gasteiger partial charge in [0, 0.05) is 27.2 Å². The van der Waals surface area contributed by atoms with E-state index in [1.54, 1.807) is 4.52 Å². The third-order valence-corrected chi connectivity index (χ3v) is 11.5. The zero-order valence-electron chi connectivity index (χ0n) is 29.9. The Hall–Kier alpha value is -7.70. The number of hydrogen-bond donors (Lipinski definition) is 0. The van der Waals surface area contributed by atoms with Gasteiger partial charge in [-0.05, 0) is 89.0 Å². The molecule has 0 radical (unpaired) electrons. The number of benzene rings is 8. The van der Waals surface area contributed by atoms with Gasteiger partial charge >= 0.3 is 0 Å². The summed E-state index contributed by atoms with van der Waals surface area (Å²) < 4.78 is 7.48. The van der Waals surface area contributed by atoms with Crippen molar-refractivity contribution in [3.8, 4) is 33.6 Å². The minimum Gasteiger partial charge on any atom is -0.309 e. The average molecular weight is 719 g/mol. The van der Waals surface area contributed by atoms with Crippen LogP contribution in [0.1, 0.15) is 0 Å². The molecule has 6 nitrogen and oxygen atoms in total. The van der Waals surface area contributed by atoms with E-state index in [0.29, 0.717) is 21.8 Å². The van der Waals surface area contributed by atoms with Gasteiger partial charge < -0.3 is 9.13 Å². The molecule has 0 aliphatic heterocycles. The molecular weight excluding hydrogens is 689 g/mol. The first-order valence-electron chi connectivity index (χ1n) is 18.8. The molecule has 0 atom stereocenters. The normalized spacial score (nSPS) is 12.1. The lowest BCUT2D eigenvalue weighted by atomic mass is 10.0. The highest BCUT2D eigenvalue weighted by Gasteiger charge is 2.23. The zero-order chi connectivity index (χ0) is 37.1. The third kappa shape index (κ3) is 4.15. The predicted molar refractivity (Wildman–Crippen MR) is 229 cm³/mol. The molecule has 4 aromatic heterocycles. The predicted octanol–water partition coefficient (Wildman–Crippen LogP) is 11.0. The zero-order valence-corrected chi connectivity index (χ0v) is 29.9. The van der Waals surface area contributed by atoms with E-state index in [1.165, 1.54) is 4.52 Å². The molecule has 12 aromatic rings. The molecule has 12 rings (SSSR count). The fourth-order valence-corrected chi connectivity index (χ4v) is 9.07. The van der Waals surface area contributed by atoms with Gasteiger partial charge in [-0.1, -0.05) is 115 Å². The molecular formula is C50H30N4O2. The van der Waals surface area contributed by atoms with Crippen molar-refractivity contribution >= 4 is 65.4 Å². The van der Waals surface area contributed by atoms with Crippen LogP contribution in [0.5, 0.6) is 0 Å². The molecule has 6 heteroatoms. The van der Waals surface area contributed by atoms with Crippen LogP contribution in [-0.4, -0.2) is 18.2 Å². The minimum atomic E-state index is -0.338. The SMILES string of the molecule is O=c1c2cc(-n3c4ccccc4c4cc(-c5ccccc5)ccc43)ccc2n2c3cccc(-n4c5ccccc5c5cc(-c6ccccc6)ccc54)c3c(=O)n12. The summed E-state index contributed by atoms with van der Waals surface area (Å²) in [5.41, 5.74) is 11.0. The maximum Gasteiger partial charge on any atom is 0.284 e. The molecule has 0 N–H and O–H groups in total. The van der Waals surface area contributed by atoms with E-state index in [2.05, 4.69) is 137 Å². The summed E-state index contributed by atoms with van der Waals surface area (Å²) in [7, 11) is 0. The van der Waals surface area contributed by atoms with Gasteiger partial charge in [0.1, 0.15) is 0 Å². The molecule has 0 unspecified atom stereocenters. The lowest BCUT2D eigenvalue weighted by Gasteiger charge is -2.10. The summed E-state index contributed by atoms with van der Waals surface area (Å²) in [6.07, 6.45) is 0. The molecule has 0 spiro atoms. The summed E-state index contributed by atoms with van der Waals surface area (Å²) >= 11 is 0. The Labute approximate surface area is 318 Å². The van der Waals surface area contributed by atoms with Crippen LogP contribution in [0.2, 0.25) is 0 Å². The summed E-state index contributed by atoms with van der Waals surface area (Å²) in [5.74, 6) is 0. The van der Waals surface area contributed by atoms with E-state index >= 15 is 0 Å². The van der Waals surface area contributed by atoms with Crippen molar-refractivity contribution in [2.45, 2.75) is 0 Å². The fourth-order valence-electron chi connectivity index (χ4n) is 9.07. The van der Waals surface area contributed by atoms with Crippen LogP contribution in [-0.2, 0) is 0 Å².